The lowest BCUT2D eigenvalue weighted by Crippen LogP contribution is -2.41. The van der Waals surface area contributed by atoms with Crippen molar-refractivity contribution in [2.24, 2.45) is 0 Å². The second kappa shape index (κ2) is 7.77. The summed E-state index contributed by atoms with van der Waals surface area (Å²) in [4.78, 5) is 0. The molecule has 3 nitrogen and oxygen atoms in total. The maximum Gasteiger partial charge on any atom is 0.0814 e. The minimum absolute atomic E-state index is 0.179. The van der Waals surface area contributed by atoms with Crippen molar-refractivity contribution in [1.82, 2.24) is 5.32 Å². The summed E-state index contributed by atoms with van der Waals surface area (Å²) in [6.07, 6.45) is 11.5. The maximum atomic E-state index is 6.10. The Morgan fingerprint density at radius 1 is 0.950 bits per heavy atom. The number of rotatable bonds is 5. The fraction of sp³-hybridized carbons (Fsp3) is 1.00. The van der Waals surface area contributed by atoms with E-state index in [0.717, 1.165) is 19.6 Å². The molecule has 118 valence electrons. The highest BCUT2D eigenvalue weighted by Crippen LogP contribution is 2.23. The van der Waals surface area contributed by atoms with E-state index in [2.05, 4.69) is 26.1 Å². The Morgan fingerprint density at radius 2 is 1.60 bits per heavy atom. The van der Waals surface area contributed by atoms with Crippen LogP contribution in [-0.4, -0.2) is 37.0 Å². The minimum Gasteiger partial charge on any atom is -0.376 e. The van der Waals surface area contributed by atoms with Gasteiger partial charge in [0, 0.05) is 12.1 Å². The highest BCUT2D eigenvalue weighted by Gasteiger charge is 2.27. The number of nitrogens with one attached hydrogen (secondary N) is 1. The fourth-order valence-electron chi connectivity index (χ4n) is 3.12. The molecule has 0 radical (unpaired) electrons. The second-order valence-electron chi connectivity index (χ2n) is 7.54. The maximum absolute atomic E-state index is 6.10. The fourth-order valence-corrected chi connectivity index (χ4v) is 3.12. The molecular formula is C17H33NO2. The molecule has 2 atom stereocenters. The Labute approximate surface area is 124 Å². The highest BCUT2D eigenvalue weighted by molar-refractivity contribution is 4.79. The summed E-state index contributed by atoms with van der Waals surface area (Å²) in [5.74, 6) is 0. The van der Waals surface area contributed by atoms with Gasteiger partial charge in [0.05, 0.1) is 24.9 Å². The lowest BCUT2D eigenvalue weighted by atomic mass is 10.1. The van der Waals surface area contributed by atoms with Crippen molar-refractivity contribution < 1.29 is 9.47 Å². The molecule has 20 heavy (non-hydrogen) atoms. The zero-order valence-electron chi connectivity index (χ0n) is 13.6. The number of ether oxygens (including phenoxy) is 2. The number of hydrogen-bond donors (Lipinski definition) is 1. The molecule has 1 saturated heterocycles. The van der Waals surface area contributed by atoms with Gasteiger partial charge in [-0.25, -0.2) is 0 Å². The smallest absolute Gasteiger partial charge is 0.0814 e. The zero-order chi connectivity index (χ0) is 14.4. The first-order valence-corrected chi connectivity index (χ1v) is 8.55. The molecule has 0 aromatic carbocycles. The monoisotopic (exact) mass is 283 g/mol. The quantitative estimate of drug-likeness (QED) is 0.781. The van der Waals surface area contributed by atoms with Crippen LogP contribution >= 0.6 is 0 Å². The SMILES string of the molecule is CC(C)(C)NCC1CCC(COC2CCCCCC2)O1. The van der Waals surface area contributed by atoms with Crippen LogP contribution < -0.4 is 5.32 Å². The molecule has 1 aliphatic heterocycles. The standard InChI is InChI=1S/C17H33NO2/c1-17(2,3)18-12-15-10-11-16(20-15)13-19-14-8-6-4-5-7-9-14/h14-16,18H,4-13H2,1-3H3. The lowest BCUT2D eigenvalue weighted by Gasteiger charge is -2.24. The predicted octanol–water partition coefficient (Wildman–Crippen LogP) is 3.66. The van der Waals surface area contributed by atoms with Crippen molar-refractivity contribution in [3.63, 3.8) is 0 Å². The van der Waals surface area contributed by atoms with E-state index in [1.54, 1.807) is 0 Å². The molecule has 1 saturated carbocycles. The molecule has 0 spiro atoms. The van der Waals surface area contributed by atoms with Gasteiger partial charge in [0.2, 0.25) is 0 Å². The zero-order valence-corrected chi connectivity index (χ0v) is 13.6. The molecule has 0 bridgehead atoms. The van der Waals surface area contributed by atoms with Crippen molar-refractivity contribution >= 4 is 0 Å². The van der Waals surface area contributed by atoms with Crippen LogP contribution in [0.15, 0.2) is 0 Å². The Kier molecular flexibility index (Phi) is 6.31. The Morgan fingerprint density at radius 3 is 2.25 bits per heavy atom. The van der Waals surface area contributed by atoms with Crippen LogP contribution in [0.1, 0.15) is 72.1 Å². The van der Waals surface area contributed by atoms with Gasteiger partial charge >= 0.3 is 0 Å². The van der Waals surface area contributed by atoms with E-state index in [4.69, 9.17) is 9.47 Å². The summed E-state index contributed by atoms with van der Waals surface area (Å²) in [7, 11) is 0. The van der Waals surface area contributed by atoms with Gasteiger partial charge in [-0.3, -0.25) is 0 Å². The molecule has 1 heterocycles. The average molecular weight is 283 g/mol. The summed E-state index contributed by atoms with van der Waals surface area (Å²) in [5, 5.41) is 3.53. The molecular weight excluding hydrogens is 250 g/mol. The van der Waals surface area contributed by atoms with E-state index in [1.165, 1.54) is 44.9 Å². The largest absolute Gasteiger partial charge is 0.376 e. The summed E-state index contributed by atoms with van der Waals surface area (Å²) in [6.45, 7) is 8.37. The molecule has 0 aromatic heterocycles. The van der Waals surface area contributed by atoms with Gasteiger partial charge in [0.1, 0.15) is 0 Å². The van der Waals surface area contributed by atoms with Crippen molar-refractivity contribution in [2.75, 3.05) is 13.2 Å². The minimum atomic E-state index is 0.179. The van der Waals surface area contributed by atoms with Gasteiger partial charge in [0.25, 0.3) is 0 Å². The molecule has 1 N–H and O–H groups in total. The van der Waals surface area contributed by atoms with E-state index in [-0.39, 0.29) is 5.54 Å². The van der Waals surface area contributed by atoms with Crippen LogP contribution in [0.5, 0.6) is 0 Å². The Bertz CT molecular complexity index is 267. The van der Waals surface area contributed by atoms with E-state index in [0.29, 0.717) is 18.3 Å². The van der Waals surface area contributed by atoms with Gasteiger partial charge in [-0.05, 0) is 46.5 Å². The van der Waals surface area contributed by atoms with Crippen LogP contribution in [-0.2, 0) is 9.47 Å². The van der Waals surface area contributed by atoms with Crippen molar-refractivity contribution in [3.05, 3.63) is 0 Å². The van der Waals surface area contributed by atoms with Gasteiger partial charge in [-0.2, -0.15) is 0 Å². The van der Waals surface area contributed by atoms with Crippen LogP contribution in [0, 0.1) is 0 Å². The Balaban J connectivity index is 1.60. The van der Waals surface area contributed by atoms with Crippen molar-refractivity contribution in [3.8, 4) is 0 Å². The third kappa shape index (κ3) is 6.11. The van der Waals surface area contributed by atoms with E-state index < -0.39 is 0 Å². The molecule has 2 unspecified atom stereocenters. The summed E-state index contributed by atoms with van der Waals surface area (Å²) < 4.78 is 12.2. The second-order valence-corrected chi connectivity index (χ2v) is 7.54. The van der Waals surface area contributed by atoms with E-state index >= 15 is 0 Å². The predicted molar refractivity (Wildman–Crippen MR) is 83.1 cm³/mol. The topological polar surface area (TPSA) is 30.5 Å². The first kappa shape index (κ1) is 16.3. The normalized spacial score (nSPS) is 29.6. The van der Waals surface area contributed by atoms with Gasteiger partial charge in [-0.1, -0.05) is 25.7 Å². The van der Waals surface area contributed by atoms with E-state index in [9.17, 15) is 0 Å². The molecule has 1 aliphatic carbocycles. The molecule has 0 aromatic rings. The lowest BCUT2D eigenvalue weighted by molar-refractivity contribution is -0.0452. The summed E-state index contributed by atoms with van der Waals surface area (Å²) >= 11 is 0. The van der Waals surface area contributed by atoms with Crippen LogP contribution in [0.3, 0.4) is 0 Å². The molecule has 0 amide bonds. The third-order valence-corrected chi connectivity index (χ3v) is 4.38. The third-order valence-electron chi connectivity index (χ3n) is 4.38. The summed E-state index contributed by atoms with van der Waals surface area (Å²) in [5.41, 5.74) is 0.179. The molecule has 2 aliphatic rings. The van der Waals surface area contributed by atoms with Crippen LogP contribution in [0.2, 0.25) is 0 Å². The summed E-state index contributed by atoms with van der Waals surface area (Å²) in [6, 6.07) is 0. The first-order chi connectivity index (χ1) is 9.53. The van der Waals surface area contributed by atoms with Crippen LogP contribution in [0.25, 0.3) is 0 Å². The van der Waals surface area contributed by atoms with Gasteiger partial charge in [0.15, 0.2) is 0 Å². The molecule has 2 fully saturated rings. The molecule has 3 heteroatoms. The highest BCUT2D eigenvalue weighted by atomic mass is 16.5. The van der Waals surface area contributed by atoms with Gasteiger partial charge in [-0.15, -0.1) is 0 Å². The van der Waals surface area contributed by atoms with Crippen molar-refractivity contribution in [2.45, 2.75) is 96.0 Å². The van der Waals surface area contributed by atoms with Crippen LogP contribution in [0.4, 0.5) is 0 Å². The van der Waals surface area contributed by atoms with Gasteiger partial charge < -0.3 is 14.8 Å². The Hall–Kier alpha value is -0.120. The van der Waals surface area contributed by atoms with E-state index in [1.807, 2.05) is 0 Å². The molecule has 2 rings (SSSR count). The average Bonchev–Trinajstić information content (AvgIpc) is 2.68. The number of hydrogen-bond acceptors (Lipinski definition) is 3. The first-order valence-electron chi connectivity index (χ1n) is 8.55. The van der Waals surface area contributed by atoms with Crippen molar-refractivity contribution in [1.29, 1.82) is 0 Å².